The van der Waals surface area contributed by atoms with Crippen molar-refractivity contribution in [2.75, 3.05) is 6.61 Å². The van der Waals surface area contributed by atoms with Gasteiger partial charge in [-0.2, -0.15) is 0 Å². The summed E-state index contributed by atoms with van der Waals surface area (Å²) in [5, 5.41) is 29.0. The minimum Gasteiger partial charge on any atom is -0.463 e. The molecule has 0 spiro atoms. The lowest BCUT2D eigenvalue weighted by molar-refractivity contribution is -0.267. The Morgan fingerprint density at radius 1 is 1.21 bits per heavy atom. The topological polar surface area (TPSA) is 96.2 Å². The van der Waals surface area contributed by atoms with Crippen molar-refractivity contribution < 1.29 is 29.6 Å². The first-order chi connectivity index (χ1) is 8.97. The molecule has 19 heavy (non-hydrogen) atoms. The highest BCUT2D eigenvalue weighted by atomic mass is 16.6. The molecule has 3 N–H and O–H groups in total. The largest absolute Gasteiger partial charge is 0.463 e. The molecule has 0 saturated carbocycles. The summed E-state index contributed by atoms with van der Waals surface area (Å²) in [4.78, 5) is 11.4. The van der Waals surface area contributed by atoms with Gasteiger partial charge in [0.05, 0.1) is 6.10 Å². The predicted molar refractivity (Wildman–Crippen MR) is 67.2 cm³/mol. The lowest BCUT2D eigenvalue weighted by atomic mass is 9.93. The van der Waals surface area contributed by atoms with Crippen molar-refractivity contribution in [2.45, 2.75) is 64.1 Å². The Balaban J connectivity index is 2.34. The van der Waals surface area contributed by atoms with Gasteiger partial charge in [0.1, 0.15) is 18.8 Å². The quantitative estimate of drug-likeness (QED) is 0.473. The van der Waals surface area contributed by atoms with Crippen LogP contribution in [0.25, 0.3) is 0 Å². The molecule has 1 heterocycles. The molecule has 0 aromatic rings. The van der Waals surface area contributed by atoms with E-state index in [1.165, 1.54) is 0 Å². The molecule has 1 aliphatic heterocycles. The zero-order chi connectivity index (χ0) is 14.4. The number of esters is 1. The van der Waals surface area contributed by atoms with E-state index in [9.17, 15) is 20.1 Å². The lowest BCUT2D eigenvalue weighted by Crippen LogP contribution is -2.55. The van der Waals surface area contributed by atoms with Gasteiger partial charge in [-0.05, 0) is 6.42 Å². The summed E-state index contributed by atoms with van der Waals surface area (Å²) in [6.07, 6.45) is -1.22. The monoisotopic (exact) mass is 276 g/mol. The highest BCUT2D eigenvalue weighted by Gasteiger charge is 2.41. The molecule has 0 bridgehead atoms. The second kappa shape index (κ2) is 7.79. The number of carbonyl (C=O) groups excluding carboxylic acids is 1. The number of ether oxygens (including phenoxy) is 2. The van der Waals surface area contributed by atoms with E-state index in [-0.39, 0.29) is 12.6 Å². The highest BCUT2D eigenvalue weighted by molar-refractivity contribution is 5.69. The summed E-state index contributed by atoms with van der Waals surface area (Å²) in [6, 6.07) is 0. The zero-order valence-corrected chi connectivity index (χ0v) is 11.5. The molecule has 0 radical (unpaired) electrons. The Morgan fingerprint density at radius 3 is 2.53 bits per heavy atom. The predicted octanol–water partition coefficient (Wildman–Crippen LogP) is 0.185. The van der Waals surface area contributed by atoms with Crippen LogP contribution >= 0.6 is 0 Å². The van der Waals surface area contributed by atoms with Crippen LogP contribution in [0, 0.1) is 5.92 Å². The van der Waals surface area contributed by atoms with Gasteiger partial charge in [0.25, 0.3) is 0 Å². The van der Waals surface area contributed by atoms with Crippen molar-refractivity contribution in [1.82, 2.24) is 0 Å². The lowest BCUT2D eigenvalue weighted by Gasteiger charge is -2.38. The molecular weight excluding hydrogens is 252 g/mol. The first-order valence-corrected chi connectivity index (χ1v) is 6.82. The molecular formula is C13H24O6. The van der Waals surface area contributed by atoms with E-state index in [1.54, 1.807) is 6.92 Å². The molecule has 0 aliphatic carbocycles. The van der Waals surface area contributed by atoms with E-state index in [2.05, 4.69) is 0 Å². The maximum absolute atomic E-state index is 11.4. The molecule has 112 valence electrons. The van der Waals surface area contributed by atoms with Gasteiger partial charge in [-0.15, -0.1) is 0 Å². The number of hydrogen-bond acceptors (Lipinski definition) is 6. The van der Waals surface area contributed by atoms with Crippen LogP contribution in [0.3, 0.4) is 0 Å². The van der Waals surface area contributed by atoms with Crippen molar-refractivity contribution in [3.63, 3.8) is 0 Å². The van der Waals surface area contributed by atoms with Crippen LogP contribution in [-0.2, 0) is 14.3 Å². The Bertz CT molecular complexity index is 282. The van der Waals surface area contributed by atoms with Crippen LogP contribution in [0.2, 0.25) is 0 Å². The Hall–Kier alpha value is -0.690. The number of hydrogen-bond donors (Lipinski definition) is 3. The summed E-state index contributed by atoms with van der Waals surface area (Å²) in [5.74, 6) is -0.932. The third kappa shape index (κ3) is 4.72. The van der Waals surface area contributed by atoms with Gasteiger partial charge in [0.2, 0.25) is 0 Å². The molecule has 6 heteroatoms. The number of aliphatic hydroxyl groups is 3. The van der Waals surface area contributed by atoms with E-state index in [4.69, 9.17) is 9.47 Å². The van der Waals surface area contributed by atoms with Crippen LogP contribution in [0.1, 0.15) is 39.5 Å². The first-order valence-electron chi connectivity index (χ1n) is 6.82. The van der Waals surface area contributed by atoms with Crippen molar-refractivity contribution in [1.29, 1.82) is 0 Å². The minimum atomic E-state index is -1.16. The Kier molecular flexibility index (Phi) is 6.71. The van der Waals surface area contributed by atoms with E-state index in [0.717, 1.165) is 19.3 Å². The van der Waals surface area contributed by atoms with Crippen molar-refractivity contribution in [3.05, 3.63) is 0 Å². The van der Waals surface area contributed by atoms with Crippen LogP contribution in [0.5, 0.6) is 0 Å². The summed E-state index contributed by atoms with van der Waals surface area (Å²) < 4.78 is 10.1. The highest BCUT2D eigenvalue weighted by Crippen LogP contribution is 2.24. The van der Waals surface area contributed by atoms with E-state index < -0.39 is 30.5 Å². The van der Waals surface area contributed by atoms with E-state index >= 15 is 0 Å². The van der Waals surface area contributed by atoms with Crippen LogP contribution in [0.15, 0.2) is 0 Å². The third-order valence-corrected chi connectivity index (χ3v) is 3.43. The maximum Gasteiger partial charge on any atom is 0.305 e. The molecule has 1 fully saturated rings. The average molecular weight is 276 g/mol. The summed E-state index contributed by atoms with van der Waals surface area (Å²) in [5.41, 5.74) is 0. The smallest absolute Gasteiger partial charge is 0.305 e. The first kappa shape index (κ1) is 16.4. The number of aliphatic hydroxyl groups excluding tert-OH is 3. The van der Waals surface area contributed by atoms with Crippen LogP contribution in [-0.4, -0.2) is 52.5 Å². The van der Waals surface area contributed by atoms with Gasteiger partial charge in [0.15, 0.2) is 6.29 Å². The molecule has 6 nitrogen and oxygen atoms in total. The van der Waals surface area contributed by atoms with Gasteiger partial charge < -0.3 is 24.8 Å². The fraction of sp³-hybridized carbons (Fsp3) is 0.923. The van der Waals surface area contributed by atoms with Gasteiger partial charge in [-0.3, -0.25) is 4.79 Å². The number of rotatable bonds is 6. The Labute approximate surface area is 113 Å². The maximum atomic E-state index is 11.4. The Morgan fingerprint density at radius 2 is 1.89 bits per heavy atom. The SMILES string of the molecule is CCCCCC(=O)OC[C@H]1OC(O)[C@H](C)[C@@H](O)[C@@H]1O. The molecule has 1 saturated heterocycles. The van der Waals surface area contributed by atoms with E-state index in [0.29, 0.717) is 6.42 Å². The number of unbranched alkanes of at least 4 members (excludes halogenated alkanes) is 2. The van der Waals surface area contributed by atoms with Gasteiger partial charge in [-0.25, -0.2) is 0 Å². The molecule has 5 atom stereocenters. The van der Waals surface area contributed by atoms with Crippen molar-refractivity contribution >= 4 is 5.97 Å². The number of carbonyl (C=O) groups is 1. The van der Waals surface area contributed by atoms with Crippen LogP contribution < -0.4 is 0 Å². The summed E-state index contributed by atoms with van der Waals surface area (Å²) in [6.45, 7) is 3.46. The third-order valence-electron chi connectivity index (χ3n) is 3.43. The van der Waals surface area contributed by atoms with E-state index in [1.807, 2.05) is 6.92 Å². The molecule has 0 aromatic heterocycles. The second-order valence-corrected chi connectivity index (χ2v) is 5.05. The summed E-state index contributed by atoms with van der Waals surface area (Å²) in [7, 11) is 0. The van der Waals surface area contributed by atoms with Gasteiger partial charge >= 0.3 is 5.97 Å². The molecule has 1 rings (SSSR count). The van der Waals surface area contributed by atoms with Gasteiger partial charge in [0, 0.05) is 12.3 Å². The molecule has 1 unspecified atom stereocenters. The minimum absolute atomic E-state index is 0.160. The average Bonchev–Trinajstić information content (AvgIpc) is 2.39. The molecule has 0 amide bonds. The fourth-order valence-electron chi connectivity index (χ4n) is 1.99. The zero-order valence-electron chi connectivity index (χ0n) is 11.5. The summed E-state index contributed by atoms with van der Waals surface area (Å²) >= 11 is 0. The van der Waals surface area contributed by atoms with Crippen LogP contribution in [0.4, 0.5) is 0 Å². The fourth-order valence-corrected chi connectivity index (χ4v) is 1.99. The normalized spacial score (nSPS) is 35.1. The molecule has 0 aromatic carbocycles. The second-order valence-electron chi connectivity index (χ2n) is 5.05. The molecule has 1 aliphatic rings. The standard InChI is InChI=1S/C13H24O6/c1-3-4-5-6-10(14)18-7-9-12(16)11(15)8(2)13(17)19-9/h8-9,11-13,15-17H,3-7H2,1-2H3/t8-,9-,11-,12-,13?/m1/s1. The van der Waals surface area contributed by atoms with Gasteiger partial charge in [-0.1, -0.05) is 26.7 Å². The van der Waals surface area contributed by atoms with Crippen molar-refractivity contribution in [2.24, 2.45) is 5.92 Å². The van der Waals surface area contributed by atoms with Crippen molar-refractivity contribution in [3.8, 4) is 0 Å².